The van der Waals surface area contributed by atoms with Crippen molar-refractivity contribution >= 4 is 23.4 Å². The summed E-state index contributed by atoms with van der Waals surface area (Å²) >= 11 is 6.08. The van der Waals surface area contributed by atoms with Gasteiger partial charge in [0.05, 0.1) is 17.8 Å². The fourth-order valence-corrected chi connectivity index (χ4v) is 2.00. The van der Waals surface area contributed by atoms with Gasteiger partial charge in [0.1, 0.15) is 29.8 Å². The van der Waals surface area contributed by atoms with Crippen molar-refractivity contribution in [3.8, 4) is 11.5 Å². The molecule has 1 atom stereocenters. The zero-order valence-corrected chi connectivity index (χ0v) is 13.9. The molecule has 0 radical (unpaired) electrons. The maximum atomic E-state index is 11.9. The number of carbonyl (C=O) groups is 2. The van der Waals surface area contributed by atoms with E-state index < -0.39 is 17.9 Å². The van der Waals surface area contributed by atoms with Crippen LogP contribution < -0.4 is 20.5 Å². The number of H-pyrrole nitrogens is 1. The van der Waals surface area contributed by atoms with Gasteiger partial charge in [0, 0.05) is 6.07 Å². The number of carbonyl (C=O) groups excluding carboxylic acids is 2. The number of nitrogens with two attached hydrogens (primary N) is 1. The Morgan fingerprint density at radius 2 is 2.17 bits per heavy atom. The number of methoxy groups -OCH3 is 1. The number of nitrogens with zero attached hydrogens (tertiary/aromatic N) is 1. The molecule has 2 aromatic rings. The van der Waals surface area contributed by atoms with Gasteiger partial charge in [-0.15, -0.1) is 0 Å². The standard InChI is InChI=1S/C15H17ClN4O4/c1-8(14(17)21)18-15(22)12-5-9(19-20-12)7-24-13-4-3-10(23-2)6-11(13)16/h3-6,8H,7H2,1-2H3,(H2,17,21)(H,18,22)(H,19,20)/t8-/m0/s1. The Morgan fingerprint density at radius 1 is 1.42 bits per heavy atom. The van der Waals surface area contributed by atoms with E-state index in [0.717, 1.165) is 0 Å². The van der Waals surface area contributed by atoms with E-state index in [-0.39, 0.29) is 12.3 Å². The monoisotopic (exact) mass is 352 g/mol. The number of nitrogens with one attached hydrogen (secondary N) is 2. The van der Waals surface area contributed by atoms with Crippen LogP contribution in [-0.2, 0) is 11.4 Å². The molecule has 4 N–H and O–H groups in total. The van der Waals surface area contributed by atoms with Crippen LogP contribution >= 0.6 is 11.6 Å². The molecule has 0 unspecified atom stereocenters. The van der Waals surface area contributed by atoms with Crippen LogP contribution in [0.2, 0.25) is 5.02 Å². The summed E-state index contributed by atoms with van der Waals surface area (Å²) in [4.78, 5) is 22.8. The minimum atomic E-state index is -0.785. The second-order valence-corrected chi connectivity index (χ2v) is 5.37. The molecule has 1 heterocycles. The Bertz CT molecular complexity index is 747. The van der Waals surface area contributed by atoms with Gasteiger partial charge in [0.25, 0.3) is 5.91 Å². The van der Waals surface area contributed by atoms with Crippen LogP contribution in [0.3, 0.4) is 0 Å². The van der Waals surface area contributed by atoms with E-state index in [1.165, 1.54) is 13.0 Å². The average Bonchev–Trinajstić information content (AvgIpc) is 3.02. The number of primary amides is 1. The van der Waals surface area contributed by atoms with Crippen molar-refractivity contribution in [2.24, 2.45) is 5.73 Å². The Labute approximate surface area is 143 Å². The molecule has 0 aliphatic rings. The first-order valence-corrected chi connectivity index (χ1v) is 7.39. The van der Waals surface area contributed by atoms with Crippen molar-refractivity contribution in [2.75, 3.05) is 7.11 Å². The van der Waals surface area contributed by atoms with Gasteiger partial charge in [-0.2, -0.15) is 5.10 Å². The molecule has 2 rings (SSSR count). The summed E-state index contributed by atoms with van der Waals surface area (Å²) in [5, 5.41) is 9.39. The molecule has 0 fully saturated rings. The van der Waals surface area contributed by atoms with Gasteiger partial charge in [0.15, 0.2) is 0 Å². The lowest BCUT2D eigenvalue weighted by atomic mass is 10.3. The number of aromatic nitrogens is 2. The smallest absolute Gasteiger partial charge is 0.272 e. The van der Waals surface area contributed by atoms with Crippen molar-refractivity contribution in [1.29, 1.82) is 0 Å². The third kappa shape index (κ3) is 4.39. The van der Waals surface area contributed by atoms with Crippen LogP contribution in [0.4, 0.5) is 0 Å². The molecular formula is C15H17ClN4O4. The van der Waals surface area contributed by atoms with Crippen LogP contribution in [0.25, 0.3) is 0 Å². The topological polar surface area (TPSA) is 119 Å². The molecule has 1 aromatic carbocycles. The zero-order chi connectivity index (χ0) is 17.7. The highest BCUT2D eigenvalue weighted by Crippen LogP contribution is 2.29. The van der Waals surface area contributed by atoms with Crippen LogP contribution in [0, 0.1) is 0 Å². The lowest BCUT2D eigenvalue weighted by Gasteiger charge is -2.08. The SMILES string of the molecule is COc1ccc(OCc2cc(C(=O)N[C@@H](C)C(N)=O)n[nH]2)c(Cl)c1. The number of halogens is 1. The highest BCUT2D eigenvalue weighted by atomic mass is 35.5. The summed E-state index contributed by atoms with van der Waals surface area (Å²) in [6.45, 7) is 1.63. The molecule has 0 saturated heterocycles. The molecule has 0 aliphatic heterocycles. The molecular weight excluding hydrogens is 336 g/mol. The molecule has 2 amide bonds. The van der Waals surface area contributed by atoms with E-state index in [0.29, 0.717) is 22.2 Å². The molecule has 8 nitrogen and oxygen atoms in total. The van der Waals surface area contributed by atoms with Crippen molar-refractivity contribution in [2.45, 2.75) is 19.6 Å². The highest BCUT2D eigenvalue weighted by Gasteiger charge is 2.16. The number of ether oxygens (including phenoxy) is 2. The fraction of sp³-hybridized carbons (Fsp3) is 0.267. The van der Waals surface area contributed by atoms with Crippen molar-refractivity contribution in [3.05, 3.63) is 40.7 Å². The summed E-state index contributed by atoms with van der Waals surface area (Å²) in [5.74, 6) is -0.0419. The van der Waals surface area contributed by atoms with Gasteiger partial charge >= 0.3 is 0 Å². The Morgan fingerprint density at radius 3 is 2.79 bits per heavy atom. The predicted molar refractivity (Wildman–Crippen MR) is 87.0 cm³/mol. The summed E-state index contributed by atoms with van der Waals surface area (Å²) in [6.07, 6.45) is 0. The minimum absolute atomic E-state index is 0.127. The number of aromatic amines is 1. The number of amides is 2. The Kier molecular flexibility index (Phi) is 5.64. The quantitative estimate of drug-likeness (QED) is 0.692. The second kappa shape index (κ2) is 7.69. The zero-order valence-electron chi connectivity index (χ0n) is 13.1. The second-order valence-electron chi connectivity index (χ2n) is 4.96. The van der Waals surface area contributed by atoms with Gasteiger partial charge in [0.2, 0.25) is 5.91 Å². The van der Waals surface area contributed by atoms with E-state index in [1.807, 2.05) is 0 Å². The molecule has 9 heteroatoms. The first-order chi connectivity index (χ1) is 11.4. The number of benzene rings is 1. The van der Waals surface area contributed by atoms with Gasteiger partial charge in [-0.1, -0.05) is 11.6 Å². The highest BCUT2D eigenvalue weighted by molar-refractivity contribution is 6.32. The summed E-state index contributed by atoms with van der Waals surface area (Å²) in [6, 6.07) is 5.76. The van der Waals surface area contributed by atoms with E-state index >= 15 is 0 Å². The Balaban J connectivity index is 1.96. The van der Waals surface area contributed by atoms with Crippen molar-refractivity contribution in [1.82, 2.24) is 15.5 Å². The van der Waals surface area contributed by atoms with E-state index in [1.54, 1.807) is 25.3 Å². The first kappa shape index (κ1) is 17.6. The van der Waals surface area contributed by atoms with Gasteiger partial charge in [-0.25, -0.2) is 0 Å². The number of hydrogen-bond acceptors (Lipinski definition) is 5. The lowest BCUT2D eigenvalue weighted by Crippen LogP contribution is -2.42. The number of hydrogen-bond donors (Lipinski definition) is 3. The van der Waals surface area contributed by atoms with Crippen molar-refractivity contribution in [3.63, 3.8) is 0 Å². The minimum Gasteiger partial charge on any atom is -0.497 e. The van der Waals surface area contributed by atoms with Gasteiger partial charge < -0.3 is 20.5 Å². The summed E-state index contributed by atoms with van der Waals surface area (Å²) < 4.78 is 10.6. The molecule has 24 heavy (non-hydrogen) atoms. The molecule has 128 valence electrons. The van der Waals surface area contributed by atoms with E-state index in [2.05, 4.69) is 15.5 Å². The summed E-state index contributed by atoms with van der Waals surface area (Å²) in [7, 11) is 1.54. The maximum Gasteiger partial charge on any atom is 0.272 e. The molecule has 1 aromatic heterocycles. The fourth-order valence-electron chi connectivity index (χ4n) is 1.77. The molecule has 0 bridgehead atoms. The summed E-state index contributed by atoms with van der Waals surface area (Å²) in [5.41, 5.74) is 5.79. The van der Waals surface area contributed by atoms with Crippen LogP contribution in [0.15, 0.2) is 24.3 Å². The molecule has 0 saturated carbocycles. The largest absolute Gasteiger partial charge is 0.497 e. The van der Waals surface area contributed by atoms with Crippen LogP contribution in [-0.4, -0.2) is 35.2 Å². The average molecular weight is 353 g/mol. The Hall–Kier alpha value is -2.74. The number of rotatable bonds is 7. The molecule has 0 spiro atoms. The van der Waals surface area contributed by atoms with Crippen molar-refractivity contribution < 1.29 is 19.1 Å². The third-order valence-electron chi connectivity index (χ3n) is 3.16. The van der Waals surface area contributed by atoms with Gasteiger partial charge in [-0.3, -0.25) is 14.7 Å². The van der Waals surface area contributed by atoms with E-state index in [4.69, 9.17) is 26.8 Å². The lowest BCUT2D eigenvalue weighted by molar-refractivity contribution is -0.119. The first-order valence-electron chi connectivity index (χ1n) is 7.01. The molecule has 0 aliphatic carbocycles. The maximum absolute atomic E-state index is 11.9. The predicted octanol–water partition coefficient (Wildman–Crippen LogP) is 1.25. The van der Waals surface area contributed by atoms with Crippen LogP contribution in [0.1, 0.15) is 23.1 Å². The normalized spacial score (nSPS) is 11.6. The van der Waals surface area contributed by atoms with Gasteiger partial charge in [-0.05, 0) is 25.1 Å². The van der Waals surface area contributed by atoms with E-state index in [9.17, 15) is 9.59 Å². The third-order valence-corrected chi connectivity index (χ3v) is 3.46. The van der Waals surface area contributed by atoms with Crippen LogP contribution in [0.5, 0.6) is 11.5 Å².